The third-order valence-corrected chi connectivity index (χ3v) is 5.01. The molecule has 1 saturated heterocycles. The Morgan fingerprint density at radius 3 is 2.07 bits per heavy atom. The van der Waals surface area contributed by atoms with E-state index in [-0.39, 0.29) is 23.6 Å². The van der Waals surface area contributed by atoms with Gasteiger partial charge in [0.25, 0.3) is 5.69 Å². The van der Waals surface area contributed by atoms with Crippen LogP contribution in [-0.4, -0.2) is 10.8 Å². The van der Waals surface area contributed by atoms with Gasteiger partial charge in [0.15, 0.2) is 0 Å². The summed E-state index contributed by atoms with van der Waals surface area (Å²) < 4.78 is 0. The number of carbonyl (C=O) groups is 1. The number of hydrogen-bond acceptors (Lipinski definition) is 3. The Bertz CT molecular complexity index is 982. The monoisotopic (exact) mass is 358 g/mol. The molecule has 4 rings (SSSR count). The molecule has 3 aromatic rings. The summed E-state index contributed by atoms with van der Waals surface area (Å²) in [7, 11) is 0. The Morgan fingerprint density at radius 1 is 0.852 bits per heavy atom. The Labute approximate surface area is 157 Å². The number of carbonyl (C=O) groups excluding carboxylic acids is 1. The standard InChI is InChI=1S/C22H18N2O3/c1-15-7-11-18(12-8-15)23-21(17-9-13-19(14-10-17)24(26)27)20(22(23)25)16-5-3-2-4-6-16/h2-14,20-21H,1H3. The molecule has 0 spiro atoms. The second-order valence-corrected chi connectivity index (χ2v) is 6.73. The summed E-state index contributed by atoms with van der Waals surface area (Å²) in [5.41, 5.74) is 3.84. The van der Waals surface area contributed by atoms with Crippen LogP contribution in [0.3, 0.4) is 0 Å². The highest BCUT2D eigenvalue weighted by Crippen LogP contribution is 2.49. The van der Waals surface area contributed by atoms with Crippen LogP contribution in [0.15, 0.2) is 78.9 Å². The minimum absolute atomic E-state index is 0.0356. The van der Waals surface area contributed by atoms with E-state index in [1.807, 2.05) is 61.5 Å². The van der Waals surface area contributed by atoms with Crippen LogP contribution in [0.1, 0.15) is 28.7 Å². The molecule has 1 aliphatic heterocycles. The molecular formula is C22H18N2O3. The molecule has 1 aliphatic rings. The highest BCUT2D eigenvalue weighted by molar-refractivity contribution is 6.06. The van der Waals surface area contributed by atoms with Crippen LogP contribution >= 0.6 is 0 Å². The van der Waals surface area contributed by atoms with Gasteiger partial charge < -0.3 is 4.90 Å². The van der Waals surface area contributed by atoms with E-state index >= 15 is 0 Å². The van der Waals surface area contributed by atoms with Crippen molar-refractivity contribution in [1.82, 2.24) is 0 Å². The summed E-state index contributed by atoms with van der Waals surface area (Å²) in [4.78, 5) is 25.3. The Balaban J connectivity index is 1.76. The molecule has 0 aromatic heterocycles. The molecule has 134 valence electrons. The van der Waals surface area contributed by atoms with Crippen molar-refractivity contribution in [2.24, 2.45) is 0 Å². The van der Waals surface area contributed by atoms with E-state index in [4.69, 9.17) is 0 Å². The Kier molecular flexibility index (Phi) is 4.20. The number of anilines is 1. The van der Waals surface area contributed by atoms with Crippen molar-refractivity contribution in [3.8, 4) is 0 Å². The fraction of sp³-hybridized carbons (Fsp3) is 0.136. The molecule has 0 bridgehead atoms. The molecule has 2 unspecified atom stereocenters. The van der Waals surface area contributed by atoms with Crippen LogP contribution in [0.4, 0.5) is 11.4 Å². The third kappa shape index (κ3) is 2.97. The summed E-state index contributed by atoms with van der Waals surface area (Å²) in [6.45, 7) is 2.00. The number of benzene rings is 3. The van der Waals surface area contributed by atoms with Gasteiger partial charge in [-0.05, 0) is 30.2 Å². The summed E-state index contributed by atoms with van der Waals surface area (Å²) in [5.74, 6) is -0.262. The second-order valence-electron chi connectivity index (χ2n) is 6.73. The van der Waals surface area contributed by atoms with Gasteiger partial charge in [0.1, 0.15) is 0 Å². The molecule has 1 fully saturated rings. The van der Waals surface area contributed by atoms with Crippen molar-refractivity contribution in [3.63, 3.8) is 0 Å². The van der Waals surface area contributed by atoms with E-state index in [2.05, 4.69) is 0 Å². The van der Waals surface area contributed by atoms with Crippen molar-refractivity contribution >= 4 is 17.3 Å². The van der Waals surface area contributed by atoms with Crippen molar-refractivity contribution in [1.29, 1.82) is 0 Å². The third-order valence-electron chi connectivity index (χ3n) is 5.01. The van der Waals surface area contributed by atoms with E-state index in [1.165, 1.54) is 12.1 Å². The lowest BCUT2D eigenvalue weighted by Crippen LogP contribution is -2.53. The van der Waals surface area contributed by atoms with E-state index in [0.717, 1.165) is 22.4 Å². The molecule has 5 nitrogen and oxygen atoms in total. The van der Waals surface area contributed by atoms with Crippen molar-refractivity contribution in [2.45, 2.75) is 18.9 Å². The average molecular weight is 358 g/mol. The molecule has 3 aromatic carbocycles. The number of nitro groups is 1. The molecular weight excluding hydrogens is 340 g/mol. The largest absolute Gasteiger partial charge is 0.303 e. The molecule has 0 saturated carbocycles. The summed E-state index contributed by atoms with van der Waals surface area (Å²) in [5, 5.41) is 11.0. The Hall–Kier alpha value is -3.47. The Morgan fingerprint density at radius 2 is 1.48 bits per heavy atom. The number of non-ortho nitro benzene ring substituents is 1. The van der Waals surface area contributed by atoms with Gasteiger partial charge >= 0.3 is 0 Å². The van der Waals surface area contributed by atoms with Gasteiger partial charge in [-0.3, -0.25) is 14.9 Å². The van der Waals surface area contributed by atoms with Gasteiger partial charge in [-0.1, -0.05) is 60.2 Å². The van der Waals surface area contributed by atoms with Gasteiger partial charge in [-0.25, -0.2) is 0 Å². The first-order chi connectivity index (χ1) is 13.1. The van der Waals surface area contributed by atoms with Crippen molar-refractivity contribution < 1.29 is 9.72 Å². The number of β-lactam (4-membered cyclic amide) rings is 1. The fourth-order valence-electron chi connectivity index (χ4n) is 3.60. The second kappa shape index (κ2) is 6.68. The number of hydrogen-bond donors (Lipinski definition) is 0. The topological polar surface area (TPSA) is 63.5 Å². The fourth-order valence-corrected chi connectivity index (χ4v) is 3.60. The molecule has 1 heterocycles. The smallest absolute Gasteiger partial charge is 0.269 e. The molecule has 0 radical (unpaired) electrons. The molecule has 0 aliphatic carbocycles. The van der Waals surface area contributed by atoms with Crippen molar-refractivity contribution in [3.05, 3.63) is 106 Å². The van der Waals surface area contributed by atoms with Gasteiger partial charge in [0, 0.05) is 17.8 Å². The molecule has 27 heavy (non-hydrogen) atoms. The molecule has 0 N–H and O–H groups in total. The lowest BCUT2D eigenvalue weighted by atomic mass is 9.77. The number of nitro benzene ring substituents is 1. The van der Waals surface area contributed by atoms with E-state index in [9.17, 15) is 14.9 Å². The molecule has 5 heteroatoms. The first-order valence-corrected chi connectivity index (χ1v) is 8.75. The quantitative estimate of drug-likeness (QED) is 0.383. The van der Waals surface area contributed by atoms with Crippen LogP contribution in [0.25, 0.3) is 0 Å². The van der Waals surface area contributed by atoms with Crippen LogP contribution < -0.4 is 4.90 Å². The zero-order valence-corrected chi connectivity index (χ0v) is 14.8. The molecule has 1 amide bonds. The maximum atomic E-state index is 13.0. The minimum atomic E-state index is -0.415. The summed E-state index contributed by atoms with van der Waals surface area (Å²) in [6, 6.07) is 23.8. The number of amides is 1. The van der Waals surface area contributed by atoms with Crippen molar-refractivity contribution in [2.75, 3.05) is 4.90 Å². The van der Waals surface area contributed by atoms with Crippen LogP contribution in [0.5, 0.6) is 0 Å². The maximum absolute atomic E-state index is 13.0. The normalized spacial score (nSPS) is 18.9. The van der Waals surface area contributed by atoms with E-state index in [1.54, 1.807) is 17.0 Å². The predicted octanol–water partition coefficient (Wildman–Crippen LogP) is 4.77. The number of nitrogens with zero attached hydrogens (tertiary/aromatic N) is 2. The highest BCUT2D eigenvalue weighted by atomic mass is 16.6. The lowest BCUT2D eigenvalue weighted by Gasteiger charge is -2.47. The zero-order valence-electron chi connectivity index (χ0n) is 14.8. The number of rotatable bonds is 4. The minimum Gasteiger partial charge on any atom is -0.303 e. The first-order valence-electron chi connectivity index (χ1n) is 8.75. The lowest BCUT2D eigenvalue weighted by molar-refractivity contribution is -0.384. The highest BCUT2D eigenvalue weighted by Gasteiger charge is 2.49. The van der Waals surface area contributed by atoms with Gasteiger partial charge in [-0.2, -0.15) is 0 Å². The van der Waals surface area contributed by atoms with Gasteiger partial charge in [0.05, 0.1) is 16.9 Å². The van der Waals surface area contributed by atoms with E-state index < -0.39 is 4.92 Å². The summed E-state index contributed by atoms with van der Waals surface area (Å²) in [6.07, 6.45) is 0. The van der Waals surface area contributed by atoms with Gasteiger partial charge in [0.2, 0.25) is 5.91 Å². The SMILES string of the molecule is Cc1ccc(N2C(=O)C(c3ccccc3)C2c2ccc([N+](=O)[O-])cc2)cc1. The van der Waals surface area contributed by atoms with Gasteiger partial charge in [-0.15, -0.1) is 0 Å². The predicted molar refractivity (Wildman–Crippen MR) is 104 cm³/mol. The first kappa shape index (κ1) is 17.0. The zero-order chi connectivity index (χ0) is 19.0. The summed E-state index contributed by atoms with van der Waals surface area (Å²) >= 11 is 0. The van der Waals surface area contributed by atoms with E-state index in [0.29, 0.717) is 0 Å². The maximum Gasteiger partial charge on any atom is 0.269 e. The van der Waals surface area contributed by atoms with Crippen LogP contribution in [0.2, 0.25) is 0 Å². The average Bonchev–Trinajstić information content (AvgIpc) is 2.68. The number of aryl methyl sites for hydroxylation is 1. The van der Waals surface area contributed by atoms with Crippen LogP contribution in [-0.2, 0) is 4.79 Å². The van der Waals surface area contributed by atoms with Crippen LogP contribution in [0, 0.1) is 17.0 Å². The molecule has 2 atom stereocenters.